The third-order valence-electron chi connectivity index (χ3n) is 3.39. The van der Waals surface area contributed by atoms with Gasteiger partial charge in [-0.25, -0.2) is 0 Å². The van der Waals surface area contributed by atoms with Crippen LogP contribution in [0, 0.1) is 18.3 Å². The molecule has 0 amide bonds. The number of aromatic amines is 1. The molecule has 1 aromatic heterocycles. The first-order valence-electron chi connectivity index (χ1n) is 6.69. The van der Waals surface area contributed by atoms with E-state index in [0.29, 0.717) is 16.8 Å². The highest BCUT2D eigenvalue weighted by atomic mass is 16.5. The van der Waals surface area contributed by atoms with Crippen molar-refractivity contribution in [2.75, 3.05) is 14.2 Å². The summed E-state index contributed by atoms with van der Waals surface area (Å²) in [4.78, 5) is 14.5. The molecule has 23 heavy (non-hydrogen) atoms. The number of pyridine rings is 1. The lowest BCUT2D eigenvalue weighted by atomic mass is 9.77. The van der Waals surface area contributed by atoms with Crippen LogP contribution >= 0.6 is 0 Å². The van der Waals surface area contributed by atoms with E-state index in [1.54, 1.807) is 13.0 Å². The maximum atomic E-state index is 11.9. The Hall–Kier alpha value is -2.76. The Bertz CT molecular complexity index is 814. The van der Waals surface area contributed by atoms with E-state index in [-0.39, 0.29) is 22.5 Å². The molecule has 118 valence electrons. The molecule has 7 nitrogen and oxygen atoms in total. The summed E-state index contributed by atoms with van der Waals surface area (Å²) in [6.45, 7) is 1.70. The molecule has 0 aliphatic rings. The minimum absolute atomic E-state index is 0.0444. The van der Waals surface area contributed by atoms with E-state index in [4.69, 9.17) is 9.47 Å². The van der Waals surface area contributed by atoms with Crippen LogP contribution in [0.25, 0.3) is 11.1 Å². The molecule has 2 aromatic rings. The van der Waals surface area contributed by atoms with Crippen molar-refractivity contribution in [2.45, 2.75) is 6.92 Å². The van der Waals surface area contributed by atoms with Gasteiger partial charge in [-0.2, -0.15) is 5.26 Å². The van der Waals surface area contributed by atoms with E-state index < -0.39 is 12.7 Å². The third-order valence-corrected chi connectivity index (χ3v) is 3.39. The molecule has 8 heteroatoms. The number of H-pyrrole nitrogens is 1. The lowest BCUT2D eigenvalue weighted by Crippen LogP contribution is -2.32. The van der Waals surface area contributed by atoms with Crippen LogP contribution in [0.5, 0.6) is 11.5 Å². The molecule has 1 heterocycles. The van der Waals surface area contributed by atoms with Crippen LogP contribution in [-0.2, 0) is 0 Å². The molecule has 3 N–H and O–H groups in total. The molecule has 2 rings (SSSR count). The average molecular weight is 314 g/mol. The van der Waals surface area contributed by atoms with Gasteiger partial charge in [-0.3, -0.25) is 4.79 Å². The Morgan fingerprint density at radius 1 is 1.17 bits per heavy atom. The van der Waals surface area contributed by atoms with Crippen molar-refractivity contribution in [1.82, 2.24) is 4.98 Å². The number of benzene rings is 1. The Balaban J connectivity index is 2.81. The molecule has 0 saturated carbocycles. The molecule has 0 spiro atoms. The Labute approximate surface area is 132 Å². The van der Waals surface area contributed by atoms with E-state index in [1.165, 1.54) is 26.4 Å². The van der Waals surface area contributed by atoms with Gasteiger partial charge in [0.1, 0.15) is 23.1 Å². The standard InChI is InChI=1S/C15H15BN2O5/c1-8-4-10(11(7-17)15(19)18-8)9-5-12(22-2)14(16(20)21)13(6-9)23-3/h4-6,20-21H,1-3H3,(H,18,19). The van der Waals surface area contributed by atoms with Crippen LogP contribution in [-0.4, -0.2) is 36.4 Å². The molecular weight excluding hydrogens is 299 g/mol. The Morgan fingerprint density at radius 3 is 2.17 bits per heavy atom. The number of nitrogens with zero attached hydrogens (tertiary/aromatic N) is 1. The summed E-state index contributed by atoms with van der Waals surface area (Å²) < 4.78 is 10.4. The number of nitriles is 1. The van der Waals surface area contributed by atoms with Gasteiger partial charge in [0.25, 0.3) is 5.56 Å². The number of methoxy groups -OCH3 is 2. The predicted octanol–water partition coefficient (Wildman–Crippen LogP) is -0.0810. The van der Waals surface area contributed by atoms with Crippen molar-refractivity contribution in [3.8, 4) is 28.7 Å². The second-order valence-electron chi connectivity index (χ2n) is 4.85. The fourth-order valence-electron chi connectivity index (χ4n) is 2.38. The highest BCUT2D eigenvalue weighted by Crippen LogP contribution is 2.29. The second kappa shape index (κ2) is 6.56. The molecule has 0 saturated heterocycles. The van der Waals surface area contributed by atoms with Crippen molar-refractivity contribution in [1.29, 1.82) is 5.26 Å². The number of ether oxygens (including phenoxy) is 2. The van der Waals surface area contributed by atoms with Crippen LogP contribution in [0.2, 0.25) is 0 Å². The first-order chi connectivity index (χ1) is 10.9. The van der Waals surface area contributed by atoms with Crippen molar-refractivity contribution in [2.24, 2.45) is 0 Å². The van der Waals surface area contributed by atoms with Crippen molar-refractivity contribution >= 4 is 12.6 Å². The molecule has 0 unspecified atom stereocenters. The topological polar surface area (TPSA) is 116 Å². The zero-order valence-electron chi connectivity index (χ0n) is 12.9. The SMILES string of the molecule is COc1cc(-c2cc(C)[nH]c(=O)c2C#N)cc(OC)c1B(O)O. The number of aromatic nitrogens is 1. The minimum atomic E-state index is -1.79. The van der Waals surface area contributed by atoms with Crippen LogP contribution < -0.4 is 20.5 Å². The highest BCUT2D eigenvalue weighted by molar-refractivity contribution is 6.61. The first kappa shape index (κ1) is 16.6. The zero-order valence-corrected chi connectivity index (χ0v) is 12.9. The maximum Gasteiger partial charge on any atom is 0.496 e. The predicted molar refractivity (Wildman–Crippen MR) is 84.9 cm³/mol. The van der Waals surface area contributed by atoms with Gasteiger partial charge in [0.05, 0.1) is 19.7 Å². The van der Waals surface area contributed by atoms with Gasteiger partial charge in [0.2, 0.25) is 0 Å². The van der Waals surface area contributed by atoms with Gasteiger partial charge >= 0.3 is 7.12 Å². The van der Waals surface area contributed by atoms with Gasteiger partial charge in [-0.05, 0) is 30.7 Å². The van der Waals surface area contributed by atoms with E-state index >= 15 is 0 Å². The van der Waals surface area contributed by atoms with Crippen LogP contribution in [0.1, 0.15) is 11.3 Å². The van der Waals surface area contributed by atoms with E-state index in [9.17, 15) is 20.1 Å². The second-order valence-corrected chi connectivity index (χ2v) is 4.85. The summed E-state index contributed by atoms with van der Waals surface area (Å²) in [5, 5.41) is 28.2. The number of aryl methyl sites for hydroxylation is 1. The van der Waals surface area contributed by atoms with Crippen LogP contribution in [0.3, 0.4) is 0 Å². The first-order valence-corrected chi connectivity index (χ1v) is 6.69. The summed E-state index contributed by atoms with van der Waals surface area (Å²) >= 11 is 0. The van der Waals surface area contributed by atoms with Gasteiger partial charge in [0.15, 0.2) is 0 Å². The fraction of sp³-hybridized carbons (Fsp3) is 0.200. The van der Waals surface area contributed by atoms with E-state index in [1.807, 2.05) is 6.07 Å². The summed E-state index contributed by atoms with van der Waals surface area (Å²) in [5.74, 6) is 0.354. The summed E-state index contributed by atoms with van der Waals surface area (Å²) in [7, 11) is 0.961. The van der Waals surface area contributed by atoms with Crippen LogP contribution in [0.4, 0.5) is 0 Å². The largest absolute Gasteiger partial charge is 0.497 e. The quantitative estimate of drug-likeness (QED) is 0.680. The fourth-order valence-corrected chi connectivity index (χ4v) is 2.38. The third kappa shape index (κ3) is 3.06. The van der Waals surface area contributed by atoms with Gasteiger partial charge in [-0.1, -0.05) is 0 Å². The lowest BCUT2D eigenvalue weighted by molar-refractivity contribution is 0.385. The molecule has 0 aliphatic carbocycles. The van der Waals surface area contributed by atoms with Gasteiger partial charge < -0.3 is 24.5 Å². The Kier molecular flexibility index (Phi) is 4.74. The summed E-state index contributed by atoms with van der Waals surface area (Å²) in [6, 6.07) is 6.57. The number of rotatable bonds is 4. The number of hydrogen-bond acceptors (Lipinski definition) is 6. The van der Waals surface area contributed by atoms with E-state index in [0.717, 1.165) is 0 Å². The molecular formula is C15H15BN2O5. The summed E-state index contributed by atoms with van der Waals surface area (Å²) in [6.07, 6.45) is 0. The normalized spacial score (nSPS) is 10.1. The molecule has 0 fully saturated rings. The minimum Gasteiger partial charge on any atom is -0.497 e. The van der Waals surface area contributed by atoms with Crippen molar-refractivity contribution in [3.05, 3.63) is 39.8 Å². The molecule has 0 bridgehead atoms. The van der Waals surface area contributed by atoms with Gasteiger partial charge in [0, 0.05) is 11.3 Å². The Morgan fingerprint density at radius 2 is 1.74 bits per heavy atom. The smallest absolute Gasteiger partial charge is 0.496 e. The summed E-state index contributed by atoms with van der Waals surface area (Å²) in [5.41, 5.74) is 1.02. The highest BCUT2D eigenvalue weighted by Gasteiger charge is 2.24. The molecule has 0 aliphatic heterocycles. The maximum absolute atomic E-state index is 11.9. The van der Waals surface area contributed by atoms with E-state index in [2.05, 4.69) is 4.98 Å². The van der Waals surface area contributed by atoms with Crippen molar-refractivity contribution in [3.63, 3.8) is 0 Å². The monoisotopic (exact) mass is 314 g/mol. The lowest BCUT2D eigenvalue weighted by Gasteiger charge is -2.15. The molecule has 0 atom stereocenters. The number of nitrogens with one attached hydrogen (secondary N) is 1. The zero-order chi connectivity index (χ0) is 17.1. The van der Waals surface area contributed by atoms with Crippen molar-refractivity contribution < 1.29 is 19.5 Å². The van der Waals surface area contributed by atoms with Gasteiger partial charge in [-0.15, -0.1) is 0 Å². The number of hydrogen-bond donors (Lipinski definition) is 3. The van der Waals surface area contributed by atoms with Crippen LogP contribution in [0.15, 0.2) is 23.0 Å². The molecule has 0 radical (unpaired) electrons. The molecule has 1 aromatic carbocycles. The average Bonchev–Trinajstić information content (AvgIpc) is 2.52.